The number of aromatic nitrogens is 1. The summed E-state index contributed by atoms with van der Waals surface area (Å²) in [7, 11) is 0. The molecule has 0 saturated heterocycles. The minimum absolute atomic E-state index is 0.148. The monoisotopic (exact) mass is 229 g/mol. The van der Waals surface area contributed by atoms with Gasteiger partial charge in [-0.2, -0.15) is 0 Å². The van der Waals surface area contributed by atoms with Crippen molar-refractivity contribution >= 4 is 5.97 Å². The smallest absolute Gasteiger partial charge is 0.305 e. The number of hydrogen-bond acceptors (Lipinski definition) is 1. The fraction of sp³-hybridized carbons (Fsp3) is 0.214. The van der Waals surface area contributed by atoms with E-state index in [1.807, 2.05) is 54.0 Å². The first-order valence-electron chi connectivity index (χ1n) is 5.62. The van der Waals surface area contributed by atoms with Crippen LogP contribution in [-0.2, 0) is 11.3 Å². The van der Waals surface area contributed by atoms with Crippen molar-refractivity contribution in [3.05, 3.63) is 48.2 Å². The van der Waals surface area contributed by atoms with E-state index in [0.717, 1.165) is 17.0 Å². The highest BCUT2D eigenvalue weighted by atomic mass is 16.4. The number of rotatable bonds is 4. The molecule has 1 N–H and O–H groups in total. The van der Waals surface area contributed by atoms with Crippen LogP contribution in [0.15, 0.2) is 42.5 Å². The molecule has 2 aromatic rings. The van der Waals surface area contributed by atoms with Gasteiger partial charge in [-0.1, -0.05) is 30.3 Å². The van der Waals surface area contributed by atoms with Crippen LogP contribution in [-0.4, -0.2) is 15.6 Å². The van der Waals surface area contributed by atoms with Crippen LogP contribution in [0.2, 0.25) is 0 Å². The van der Waals surface area contributed by atoms with Gasteiger partial charge in [0.25, 0.3) is 0 Å². The standard InChI is InChI=1S/C14H15NO2/c1-11-7-8-13(12-5-3-2-4-6-12)15(11)10-9-14(16)17/h2-8H,9-10H2,1H3,(H,16,17). The van der Waals surface area contributed by atoms with Crippen molar-refractivity contribution in [2.24, 2.45) is 0 Å². The van der Waals surface area contributed by atoms with Crippen LogP contribution >= 0.6 is 0 Å². The summed E-state index contributed by atoms with van der Waals surface area (Å²) in [6.07, 6.45) is 0.148. The zero-order valence-electron chi connectivity index (χ0n) is 9.76. The van der Waals surface area contributed by atoms with Crippen LogP contribution < -0.4 is 0 Å². The van der Waals surface area contributed by atoms with Gasteiger partial charge in [-0.25, -0.2) is 0 Å². The Balaban J connectivity index is 2.32. The first-order chi connectivity index (χ1) is 8.18. The normalized spacial score (nSPS) is 10.4. The third kappa shape index (κ3) is 2.56. The van der Waals surface area contributed by atoms with E-state index in [1.54, 1.807) is 0 Å². The van der Waals surface area contributed by atoms with Crippen LogP contribution in [0.25, 0.3) is 11.3 Å². The van der Waals surface area contributed by atoms with Gasteiger partial charge >= 0.3 is 5.97 Å². The van der Waals surface area contributed by atoms with E-state index in [4.69, 9.17) is 5.11 Å². The molecule has 0 fully saturated rings. The second kappa shape index (κ2) is 4.87. The molecule has 1 aromatic heterocycles. The molecule has 3 heteroatoms. The van der Waals surface area contributed by atoms with Gasteiger partial charge in [0.15, 0.2) is 0 Å². The summed E-state index contributed by atoms with van der Waals surface area (Å²) < 4.78 is 2.05. The molecule has 2 rings (SSSR count). The molecule has 1 heterocycles. The van der Waals surface area contributed by atoms with Crippen LogP contribution in [0.3, 0.4) is 0 Å². The maximum Gasteiger partial charge on any atom is 0.305 e. The van der Waals surface area contributed by atoms with E-state index in [0.29, 0.717) is 6.54 Å². The summed E-state index contributed by atoms with van der Waals surface area (Å²) in [5, 5.41) is 8.75. The molecule has 0 bridgehead atoms. The number of carboxylic acid groups (broad SMARTS) is 1. The Bertz CT molecular complexity index is 514. The summed E-state index contributed by atoms with van der Waals surface area (Å²) in [4.78, 5) is 10.6. The highest BCUT2D eigenvalue weighted by molar-refractivity contribution is 5.67. The topological polar surface area (TPSA) is 42.2 Å². The number of nitrogens with zero attached hydrogens (tertiary/aromatic N) is 1. The van der Waals surface area contributed by atoms with Crippen molar-refractivity contribution < 1.29 is 9.90 Å². The van der Waals surface area contributed by atoms with Gasteiger partial charge in [-0.05, 0) is 24.6 Å². The number of benzene rings is 1. The largest absolute Gasteiger partial charge is 0.481 e. The third-order valence-electron chi connectivity index (χ3n) is 2.82. The van der Waals surface area contributed by atoms with Crippen LogP contribution in [0.1, 0.15) is 12.1 Å². The highest BCUT2D eigenvalue weighted by Crippen LogP contribution is 2.22. The van der Waals surface area contributed by atoms with E-state index in [2.05, 4.69) is 0 Å². The van der Waals surface area contributed by atoms with Crippen molar-refractivity contribution in [3.63, 3.8) is 0 Å². The molecule has 0 aliphatic heterocycles. The molecule has 0 aliphatic rings. The molecule has 0 spiro atoms. The second-order valence-electron chi connectivity index (χ2n) is 4.02. The van der Waals surface area contributed by atoms with Gasteiger partial charge in [0, 0.05) is 17.9 Å². The Morgan fingerprint density at radius 2 is 1.88 bits per heavy atom. The predicted molar refractivity (Wildman–Crippen MR) is 66.9 cm³/mol. The lowest BCUT2D eigenvalue weighted by Gasteiger charge is -2.10. The molecule has 1 aromatic carbocycles. The lowest BCUT2D eigenvalue weighted by molar-refractivity contribution is -0.137. The Hall–Kier alpha value is -2.03. The van der Waals surface area contributed by atoms with Crippen molar-refractivity contribution in [2.45, 2.75) is 19.9 Å². The maximum atomic E-state index is 10.6. The summed E-state index contributed by atoms with van der Waals surface area (Å²) >= 11 is 0. The quantitative estimate of drug-likeness (QED) is 0.875. The Morgan fingerprint density at radius 3 is 2.53 bits per heavy atom. The number of hydrogen-bond donors (Lipinski definition) is 1. The minimum atomic E-state index is -0.767. The molecular weight excluding hydrogens is 214 g/mol. The number of carbonyl (C=O) groups is 1. The number of aryl methyl sites for hydroxylation is 1. The van der Waals surface area contributed by atoms with E-state index < -0.39 is 5.97 Å². The maximum absolute atomic E-state index is 10.6. The summed E-state index contributed by atoms with van der Waals surface area (Å²) in [6.45, 7) is 2.51. The first-order valence-corrected chi connectivity index (χ1v) is 5.62. The minimum Gasteiger partial charge on any atom is -0.481 e. The van der Waals surface area contributed by atoms with Gasteiger partial charge in [-0.3, -0.25) is 4.79 Å². The third-order valence-corrected chi connectivity index (χ3v) is 2.82. The number of aliphatic carboxylic acids is 1. The van der Waals surface area contributed by atoms with Gasteiger partial charge in [0.05, 0.1) is 6.42 Å². The van der Waals surface area contributed by atoms with Gasteiger partial charge < -0.3 is 9.67 Å². The summed E-state index contributed by atoms with van der Waals surface area (Å²) in [5.41, 5.74) is 3.28. The van der Waals surface area contributed by atoms with Crippen LogP contribution in [0.5, 0.6) is 0 Å². The zero-order valence-corrected chi connectivity index (χ0v) is 9.76. The molecule has 3 nitrogen and oxygen atoms in total. The molecular formula is C14H15NO2. The summed E-state index contributed by atoms with van der Waals surface area (Å²) in [6, 6.07) is 14.1. The van der Waals surface area contributed by atoms with E-state index in [9.17, 15) is 4.79 Å². The van der Waals surface area contributed by atoms with Crippen molar-refractivity contribution in [2.75, 3.05) is 0 Å². The fourth-order valence-corrected chi connectivity index (χ4v) is 1.93. The lowest BCUT2D eigenvalue weighted by atomic mass is 10.1. The molecule has 0 aliphatic carbocycles. The molecule has 0 saturated carbocycles. The Kier molecular flexibility index (Phi) is 3.28. The van der Waals surface area contributed by atoms with Gasteiger partial charge in [0.2, 0.25) is 0 Å². The van der Waals surface area contributed by atoms with E-state index in [1.165, 1.54) is 0 Å². The first kappa shape index (κ1) is 11.5. The molecule has 0 radical (unpaired) electrons. The van der Waals surface area contributed by atoms with Crippen molar-refractivity contribution in [1.82, 2.24) is 4.57 Å². The highest BCUT2D eigenvalue weighted by Gasteiger charge is 2.08. The lowest BCUT2D eigenvalue weighted by Crippen LogP contribution is -2.07. The Labute approximate surface area is 100 Å². The van der Waals surface area contributed by atoms with Gasteiger partial charge in [0.1, 0.15) is 0 Å². The molecule has 88 valence electrons. The fourth-order valence-electron chi connectivity index (χ4n) is 1.93. The van der Waals surface area contributed by atoms with Crippen LogP contribution in [0.4, 0.5) is 0 Å². The SMILES string of the molecule is Cc1ccc(-c2ccccc2)n1CCC(=O)O. The molecule has 17 heavy (non-hydrogen) atoms. The van der Waals surface area contributed by atoms with Gasteiger partial charge in [-0.15, -0.1) is 0 Å². The summed E-state index contributed by atoms with van der Waals surface area (Å²) in [5.74, 6) is -0.767. The second-order valence-corrected chi connectivity index (χ2v) is 4.02. The predicted octanol–water partition coefficient (Wildman–Crippen LogP) is 2.94. The van der Waals surface area contributed by atoms with Crippen molar-refractivity contribution in [1.29, 1.82) is 0 Å². The molecule has 0 unspecified atom stereocenters. The van der Waals surface area contributed by atoms with E-state index >= 15 is 0 Å². The number of carboxylic acids is 1. The molecule has 0 amide bonds. The molecule has 0 atom stereocenters. The average molecular weight is 229 g/mol. The van der Waals surface area contributed by atoms with E-state index in [-0.39, 0.29) is 6.42 Å². The average Bonchev–Trinajstić information content (AvgIpc) is 2.69. The zero-order chi connectivity index (χ0) is 12.3. The Morgan fingerprint density at radius 1 is 1.18 bits per heavy atom. The van der Waals surface area contributed by atoms with Crippen molar-refractivity contribution in [3.8, 4) is 11.3 Å². The van der Waals surface area contributed by atoms with Crippen LogP contribution in [0, 0.1) is 6.92 Å².